The number of amides is 1. The second kappa shape index (κ2) is 4.55. The minimum Gasteiger partial charge on any atom is -0.472 e. The van der Waals surface area contributed by atoms with Crippen LogP contribution >= 0.6 is 0 Å². The van der Waals surface area contributed by atoms with Crippen LogP contribution in [0, 0.1) is 0 Å². The van der Waals surface area contributed by atoms with Crippen molar-refractivity contribution < 1.29 is 9.53 Å². The lowest BCUT2D eigenvalue weighted by Crippen LogP contribution is -2.22. The van der Waals surface area contributed by atoms with Crippen molar-refractivity contribution in [3.8, 4) is 5.88 Å². The highest BCUT2D eigenvalue weighted by Gasteiger charge is 2.19. The van der Waals surface area contributed by atoms with Crippen LogP contribution in [0.5, 0.6) is 5.88 Å². The highest BCUT2D eigenvalue weighted by molar-refractivity contribution is 5.73. The molecule has 1 heterocycles. The van der Waals surface area contributed by atoms with E-state index in [-0.39, 0.29) is 11.6 Å². The Labute approximate surface area is 95.8 Å². The second-order valence-corrected chi connectivity index (χ2v) is 4.89. The van der Waals surface area contributed by atoms with Crippen molar-refractivity contribution in [2.75, 3.05) is 5.32 Å². The third-order valence-corrected chi connectivity index (χ3v) is 1.93. The molecule has 0 saturated carbocycles. The van der Waals surface area contributed by atoms with Gasteiger partial charge in [-0.2, -0.15) is 0 Å². The van der Waals surface area contributed by atoms with Gasteiger partial charge in [0.1, 0.15) is 5.69 Å². The van der Waals surface area contributed by atoms with E-state index in [1.165, 1.54) is 0 Å². The van der Waals surface area contributed by atoms with E-state index < -0.39 is 0 Å². The van der Waals surface area contributed by atoms with Crippen LogP contribution in [0.25, 0.3) is 0 Å². The number of hydrogen-bond acceptors (Lipinski definition) is 3. The zero-order chi connectivity index (χ0) is 12.3. The molecule has 1 rings (SSSR count). The molecule has 0 aromatic carbocycles. The van der Waals surface area contributed by atoms with Gasteiger partial charge >= 0.3 is 0 Å². The molecule has 1 aromatic rings. The number of carbonyl (C=O) groups is 1. The Morgan fingerprint density at radius 2 is 2.12 bits per heavy atom. The third kappa shape index (κ3) is 2.98. The largest absolute Gasteiger partial charge is 0.472 e. The van der Waals surface area contributed by atoms with Crippen molar-refractivity contribution >= 4 is 12.1 Å². The van der Waals surface area contributed by atoms with Crippen molar-refractivity contribution in [3.05, 3.63) is 6.20 Å². The number of rotatable bonds is 4. The van der Waals surface area contributed by atoms with Crippen LogP contribution in [0.4, 0.5) is 5.69 Å². The fourth-order valence-electron chi connectivity index (χ4n) is 1.17. The topological polar surface area (TPSA) is 56.1 Å². The first-order chi connectivity index (χ1) is 7.34. The molecular formula is C11H19N3O2. The van der Waals surface area contributed by atoms with Gasteiger partial charge in [-0.3, -0.25) is 9.48 Å². The summed E-state index contributed by atoms with van der Waals surface area (Å²) in [5, 5.41) is 6.90. The SMILES string of the molecule is CC(C)Oc1nn(C(C)(C)C)cc1NC=O. The van der Waals surface area contributed by atoms with Gasteiger partial charge in [0.05, 0.1) is 17.8 Å². The monoisotopic (exact) mass is 225 g/mol. The Morgan fingerprint density at radius 3 is 2.56 bits per heavy atom. The van der Waals surface area contributed by atoms with Crippen LogP contribution < -0.4 is 10.1 Å². The van der Waals surface area contributed by atoms with Crippen LogP contribution in [-0.2, 0) is 10.3 Å². The van der Waals surface area contributed by atoms with Crippen LogP contribution in [0.3, 0.4) is 0 Å². The lowest BCUT2D eigenvalue weighted by atomic mass is 10.1. The van der Waals surface area contributed by atoms with Gasteiger partial charge in [-0.05, 0) is 34.6 Å². The molecule has 0 radical (unpaired) electrons. The van der Waals surface area contributed by atoms with E-state index in [2.05, 4.69) is 10.4 Å². The smallest absolute Gasteiger partial charge is 0.257 e. The quantitative estimate of drug-likeness (QED) is 0.797. The Morgan fingerprint density at radius 1 is 1.50 bits per heavy atom. The van der Waals surface area contributed by atoms with Gasteiger partial charge in [0.25, 0.3) is 5.88 Å². The van der Waals surface area contributed by atoms with E-state index >= 15 is 0 Å². The summed E-state index contributed by atoms with van der Waals surface area (Å²) in [7, 11) is 0. The van der Waals surface area contributed by atoms with E-state index in [0.717, 1.165) is 0 Å². The summed E-state index contributed by atoms with van der Waals surface area (Å²) in [6, 6.07) is 0. The van der Waals surface area contributed by atoms with Crippen molar-refractivity contribution in [1.82, 2.24) is 9.78 Å². The van der Waals surface area contributed by atoms with Gasteiger partial charge in [-0.1, -0.05) is 0 Å². The van der Waals surface area contributed by atoms with E-state index in [0.29, 0.717) is 18.0 Å². The van der Waals surface area contributed by atoms with E-state index in [9.17, 15) is 4.79 Å². The number of anilines is 1. The van der Waals surface area contributed by atoms with Crippen LogP contribution in [0.15, 0.2) is 6.20 Å². The van der Waals surface area contributed by atoms with Crippen LogP contribution in [0.1, 0.15) is 34.6 Å². The molecule has 0 spiro atoms. The summed E-state index contributed by atoms with van der Waals surface area (Å²) in [6.07, 6.45) is 2.42. The standard InChI is InChI=1S/C11H19N3O2/c1-8(2)16-10-9(12-7-15)6-14(13-10)11(3,4)5/h6-8H,1-5H3,(H,12,15). The number of nitrogens with one attached hydrogen (secondary N) is 1. The van der Waals surface area contributed by atoms with Crippen LogP contribution in [0.2, 0.25) is 0 Å². The lowest BCUT2D eigenvalue weighted by Gasteiger charge is -2.18. The number of aromatic nitrogens is 2. The molecule has 0 bridgehead atoms. The molecule has 0 aliphatic rings. The summed E-state index contributed by atoms with van der Waals surface area (Å²) in [4.78, 5) is 10.5. The first-order valence-electron chi connectivity index (χ1n) is 5.31. The second-order valence-electron chi connectivity index (χ2n) is 4.89. The maximum atomic E-state index is 10.5. The molecule has 0 aliphatic carbocycles. The molecule has 1 amide bonds. The molecule has 5 nitrogen and oxygen atoms in total. The molecule has 0 aliphatic heterocycles. The third-order valence-electron chi connectivity index (χ3n) is 1.93. The zero-order valence-electron chi connectivity index (χ0n) is 10.4. The van der Waals surface area contributed by atoms with Gasteiger partial charge < -0.3 is 10.1 Å². The van der Waals surface area contributed by atoms with Crippen molar-refractivity contribution in [2.45, 2.75) is 46.3 Å². The Hall–Kier alpha value is -1.52. The minimum absolute atomic E-state index is 0.0236. The average Bonchev–Trinajstić information content (AvgIpc) is 2.47. The van der Waals surface area contributed by atoms with Gasteiger partial charge in [-0.25, -0.2) is 0 Å². The Balaban J connectivity index is 3.04. The predicted molar refractivity (Wildman–Crippen MR) is 62.7 cm³/mol. The fraction of sp³-hybridized carbons (Fsp3) is 0.636. The fourth-order valence-corrected chi connectivity index (χ4v) is 1.17. The zero-order valence-corrected chi connectivity index (χ0v) is 10.4. The summed E-state index contributed by atoms with van der Waals surface area (Å²) < 4.78 is 7.29. The van der Waals surface area contributed by atoms with Crippen LogP contribution in [-0.4, -0.2) is 22.3 Å². The normalized spacial score (nSPS) is 11.6. The molecule has 5 heteroatoms. The molecule has 0 fully saturated rings. The molecule has 16 heavy (non-hydrogen) atoms. The highest BCUT2D eigenvalue weighted by atomic mass is 16.5. The van der Waals surface area contributed by atoms with E-state index in [4.69, 9.17) is 4.74 Å². The van der Waals surface area contributed by atoms with E-state index in [1.54, 1.807) is 10.9 Å². The van der Waals surface area contributed by atoms with Crippen molar-refractivity contribution in [2.24, 2.45) is 0 Å². The van der Waals surface area contributed by atoms with Crippen molar-refractivity contribution in [3.63, 3.8) is 0 Å². The highest BCUT2D eigenvalue weighted by Crippen LogP contribution is 2.26. The summed E-state index contributed by atoms with van der Waals surface area (Å²) in [5.74, 6) is 0.456. The first kappa shape index (κ1) is 12.5. The molecule has 1 N–H and O–H groups in total. The molecule has 0 saturated heterocycles. The van der Waals surface area contributed by atoms with Gasteiger partial charge in [0.15, 0.2) is 0 Å². The molecule has 90 valence electrons. The van der Waals surface area contributed by atoms with Crippen molar-refractivity contribution in [1.29, 1.82) is 0 Å². The molecular weight excluding hydrogens is 206 g/mol. The van der Waals surface area contributed by atoms with Gasteiger partial charge in [-0.15, -0.1) is 5.10 Å². The number of ether oxygens (including phenoxy) is 1. The summed E-state index contributed by atoms with van der Waals surface area (Å²) in [6.45, 7) is 9.93. The summed E-state index contributed by atoms with van der Waals surface area (Å²) >= 11 is 0. The predicted octanol–water partition coefficient (Wildman–Crippen LogP) is 1.99. The van der Waals surface area contributed by atoms with E-state index in [1.807, 2.05) is 34.6 Å². The number of nitrogens with zero attached hydrogens (tertiary/aromatic N) is 2. The van der Waals surface area contributed by atoms with Gasteiger partial charge in [0.2, 0.25) is 6.41 Å². The Kier molecular flexibility index (Phi) is 3.57. The van der Waals surface area contributed by atoms with Gasteiger partial charge in [0, 0.05) is 0 Å². The molecule has 0 unspecified atom stereocenters. The molecule has 0 atom stereocenters. The number of carbonyl (C=O) groups excluding carboxylic acids is 1. The maximum Gasteiger partial charge on any atom is 0.257 e. The Bertz CT molecular complexity index is 364. The number of hydrogen-bond donors (Lipinski definition) is 1. The lowest BCUT2D eigenvalue weighted by molar-refractivity contribution is -0.105. The maximum absolute atomic E-state index is 10.5. The molecule has 1 aromatic heterocycles. The minimum atomic E-state index is -0.141. The summed E-state index contributed by atoms with van der Waals surface area (Å²) in [5.41, 5.74) is 0.455. The average molecular weight is 225 g/mol. The first-order valence-corrected chi connectivity index (χ1v) is 5.31.